The summed E-state index contributed by atoms with van der Waals surface area (Å²) < 4.78 is 18.5. The molecule has 30 heavy (non-hydrogen) atoms. The van der Waals surface area contributed by atoms with Crippen LogP contribution in [-0.4, -0.2) is 30.1 Å². The molecule has 4 rings (SSSR count). The van der Waals surface area contributed by atoms with Gasteiger partial charge in [-0.3, -0.25) is 9.59 Å². The highest BCUT2D eigenvalue weighted by Crippen LogP contribution is 2.40. The molecule has 0 radical (unpaired) electrons. The molecule has 2 amide bonds. The van der Waals surface area contributed by atoms with Gasteiger partial charge in [-0.05, 0) is 69.1 Å². The van der Waals surface area contributed by atoms with E-state index in [1.807, 2.05) is 0 Å². The van der Waals surface area contributed by atoms with Gasteiger partial charge < -0.3 is 14.7 Å². The minimum atomic E-state index is -0.427. The van der Waals surface area contributed by atoms with E-state index in [1.165, 1.54) is 23.1 Å². The lowest BCUT2D eigenvalue weighted by molar-refractivity contribution is -0.107. The summed E-state index contributed by atoms with van der Waals surface area (Å²) in [6.07, 6.45) is 7.51. The number of nitrogens with one attached hydrogen (secondary N) is 1. The van der Waals surface area contributed by atoms with Gasteiger partial charge in [0.05, 0.1) is 10.7 Å². The third-order valence-electron chi connectivity index (χ3n) is 6.05. The van der Waals surface area contributed by atoms with Crippen molar-refractivity contribution in [2.75, 3.05) is 11.4 Å². The van der Waals surface area contributed by atoms with Crippen molar-refractivity contribution in [1.82, 2.24) is 10.5 Å². The normalized spacial score (nSPS) is 21.3. The molecule has 2 aliphatic carbocycles. The summed E-state index contributed by atoms with van der Waals surface area (Å²) in [5, 5.41) is 7.19. The summed E-state index contributed by atoms with van der Waals surface area (Å²) in [4.78, 5) is 25.4. The molecule has 8 heteroatoms. The average molecular weight is 434 g/mol. The summed E-state index contributed by atoms with van der Waals surface area (Å²) >= 11 is 6.07. The molecule has 1 aromatic carbocycles. The lowest BCUT2D eigenvalue weighted by Gasteiger charge is -2.30. The van der Waals surface area contributed by atoms with Crippen molar-refractivity contribution >= 4 is 29.6 Å². The highest BCUT2D eigenvalue weighted by Gasteiger charge is 2.30. The third-order valence-corrected chi connectivity index (χ3v) is 6.35. The number of carbonyl (C=O) groups is 2. The number of hydrogen-bond acceptors (Lipinski definition) is 4. The number of rotatable bonds is 8. The van der Waals surface area contributed by atoms with Gasteiger partial charge in [0.25, 0.3) is 5.91 Å². The molecule has 2 fully saturated rings. The second-order valence-corrected chi connectivity index (χ2v) is 8.67. The molecule has 0 atom stereocenters. The van der Waals surface area contributed by atoms with Crippen LogP contribution in [-0.2, 0) is 4.79 Å². The zero-order valence-electron chi connectivity index (χ0n) is 16.7. The molecule has 0 saturated heterocycles. The standard InChI is InChI=1S/C22H25ClFN3O3/c23-18-11-16(24)5-8-20(18)27(13-28)10-9-14-1-6-17(7-2-14)25-22(29)19-12-21(30-26-19)15-3-4-15/h5,8,11-15,17H,1-4,6-7,9-10H2,(H,25,29)/t14-,17+. The Kier molecular flexibility index (Phi) is 6.37. The van der Waals surface area contributed by atoms with Crippen molar-refractivity contribution < 1.29 is 18.5 Å². The van der Waals surface area contributed by atoms with Gasteiger partial charge in [-0.15, -0.1) is 0 Å². The first-order valence-electron chi connectivity index (χ1n) is 10.5. The van der Waals surface area contributed by atoms with E-state index < -0.39 is 5.82 Å². The Balaban J connectivity index is 1.23. The van der Waals surface area contributed by atoms with Crippen LogP contribution < -0.4 is 10.2 Å². The Labute approximate surface area is 179 Å². The number of aromatic nitrogens is 1. The van der Waals surface area contributed by atoms with Gasteiger partial charge in [0.2, 0.25) is 6.41 Å². The molecule has 6 nitrogen and oxygen atoms in total. The van der Waals surface area contributed by atoms with Crippen LogP contribution in [0.2, 0.25) is 5.02 Å². The highest BCUT2D eigenvalue weighted by atomic mass is 35.5. The van der Waals surface area contributed by atoms with Crippen LogP contribution in [0.25, 0.3) is 0 Å². The summed E-state index contributed by atoms with van der Waals surface area (Å²) in [7, 11) is 0. The summed E-state index contributed by atoms with van der Waals surface area (Å²) in [6, 6.07) is 5.92. The van der Waals surface area contributed by atoms with Crippen LogP contribution in [0.1, 0.15) is 67.1 Å². The Morgan fingerprint density at radius 3 is 2.67 bits per heavy atom. The van der Waals surface area contributed by atoms with Gasteiger partial charge in [-0.2, -0.15) is 0 Å². The van der Waals surface area contributed by atoms with Crippen LogP contribution in [0.4, 0.5) is 10.1 Å². The Hall–Kier alpha value is -2.41. The monoisotopic (exact) mass is 433 g/mol. The largest absolute Gasteiger partial charge is 0.360 e. The fraction of sp³-hybridized carbons (Fsp3) is 0.500. The van der Waals surface area contributed by atoms with Crippen molar-refractivity contribution in [2.45, 2.75) is 56.9 Å². The predicted octanol–water partition coefficient (Wildman–Crippen LogP) is 4.69. The van der Waals surface area contributed by atoms with Crippen molar-refractivity contribution in [2.24, 2.45) is 5.92 Å². The van der Waals surface area contributed by atoms with Crippen LogP contribution >= 0.6 is 11.6 Å². The lowest BCUT2D eigenvalue weighted by atomic mass is 9.84. The highest BCUT2D eigenvalue weighted by molar-refractivity contribution is 6.33. The minimum Gasteiger partial charge on any atom is -0.360 e. The van der Waals surface area contributed by atoms with Gasteiger partial charge in [-0.25, -0.2) is 4.39 Å². The smallest absolute Gasteiger partial charge is 0.273 e. The maximum Gasteiger partial charge on any atom is 0.273 e. The fourth-order valence-corrected chi connectivity index (χ4v) is 4.35. The van der Waals surface area contributed by atoms with Crippen molar-refractivity contribution in [3.63, 3.8) is 0 Å². The number of halogens is 2. The van der Waals surface area contributed by atoms with E-state index in [9.17, 15) is 14.0 Å². The molecule has 2 aromatic rings. The number of nitrogens with zero attached hydrogens (tertiary/aromatic N) is 2. The summed E-state index contributed by atoms with van der Waals surface area (Å²) in [5.41, 5.74) is 0.879. The van der Waals surface area contributed by atoms with Crippen LogP contribution in [0.5, 0.6) is 0 Å². The number of anilines is 1. The first kappa shape index (κ1) is 20.8. The van der Waals surface area contributed by atoms with Gasteiger partial charge in [-0.1, -0.05) is 16.8 Å². The summed E-state index contributed by atoms with van der Waals surface area (Å²) in [5.74, 6) is 1.11. The first-order chi connectivity index (χ1) is 14.5. The second-order valence-electron chi connectivity index (χ2n) is 8.26. The molecule has 2 aliphatic rings. The molecule has 0 aliphatic heterocycles. The quantitative estimate of drug-likeness (QED) is 0.613. The molecule has 0 spiro atoms. The van der Waals surface area contributed by atoms with Crippen molar-refractivity contribution in [3.8, 4) is 0 Å². The molecule has 0 bridgehead atoms. The van der Waals surface area contributed by atoms with E-state index in [2.05, 4.69) is 10.5 Å². The minimum absolute atomic E-state index is 0.128. The van der Waals surface area contributed by atoms with Gasteiger partial charge in [0.1, 0.15) is 11.6 Å². The van der Waals surface area contributed by atoms with E-state index in [4.69, 9.17) is 16.1 Å². The molecule has 0 unspecified atom stereocenters. The van der Waals surface area contributed by atoms with E-state index in [0.717, 1.165) is 57.1 Å². The van der Waals surface area contributed by atoms with Crippen molar-refractivity contribution in [1.29, 1.82) is 0 Å². The molecular formula is C22H25ClFN3O3. The van der Waals surface area contributed by atoms with Gasteiger partial charge in [0.15, 0.2) is 5.69 Å². The first-order valence-corrected chi connectivity index (χ1v) is 10.9. The molecule has 160 valence electrons. The van der Waals surface area contributed by atoms with Crippen LogP contribution in [0.3, 0.4) is 0 Å². The van der Waals surface area contributed by atoms with E-state index in [1.54, 1.807) is 6.07 Å². The Bertz CT molecular complexity index is 907. The van der Waals surface area contributed by atoms with E-state index >= 15 is 0 Å². The molecule has 1 heterocycles. The third kappa shape index (κ3) is 5.01. The molecule has 1 N–H and O–H groups in total. The SMILES string of the molecule is O=CN(CC[C@H]1CC[C@@H](NC(=O)c2cc(C3CC3)on2)CC1)c1ccc(F)cc1Cl. The molecule has 2 saturated carbocycles. The van der Waals surface area contributed by atoms with Gasteiger partial charge in [0, 0.05) is 24.6 Å². The molecular weight excluding hydrogens is 409 g/mol. The fourth-order valence-electron chi connectivity index (χ4n) is 4.08. The lowest BCUT2D eigenvalue weighted by Crippen LogP contribution is -2.38. The average Bonchev–Trinajstić information content (AvgIpc) is 3.47. The Morgan fingerprint density at radius 2 is 2.00 bits per heavy atom. The van der Waals surface area contributed by atoms with E-state index in [0.29, 0.717) is 29.8 Å². The topological polar surface area (TPSA) is 75.4 Å². The zero-order valence-corrected chi connectivity index (χ0v) is 17.4. The second kappa shape index (κ2) is 9.16. The summed E-state index contributed by atoms with van der Waals surface area (Å²) in [6.45, 7) is 0.527. The molecule has 1 aromatic heterocycles. The number of amides is 2. The van der Waals surface area contributed by atoms with Gasteiger partial charge >= 0.3 is 0 Å². The van der Waals surface area contributed by atoms with Crippen molar-refractivity contribution in [3.05, 3.63) is 46.6 Å². The zero-order chi connectivity index (χ0) is 21.1. The maximum absolute atomic E-state index is 13.2. The number of benzene rings is 1. The Morgan fingerprint density at radius 1 is 1.23 bits per heavy atom. The van der Waals surface area contributed by atoms with Crippen LogP contribution in [0.15, 0.2) is 28.8 Å². The maximum atomic E-state index is 13.2. The number of carbonyl (C=O) groups excluding carboxylic acids is 2. The van der Waals surface area contributed by atoms with E-state index in [-0.39, 0.29) is 17.0 Å². The predicted molar refractivity (Wildman–Crippen MR) is 111 cm³/mol. The number of hydrogen-bond donors (Lipinski definition) is 1. The van der Waals surface area contributed by atoms with Crippen LogP contribution in [0, 0.1) is 11.7 Å².